The molecule has 28 heavy (non-hydrogen) atoms. The number of phenols is 1. The van der Waals surface area contributed by atoms with Crippen LogP contribution in [0.4, 0.5) is 0 Å². The first-order valence-corrected chi connectivity index (χ1v) is 10.7. The third-order valence-electron chi connectivity index (χ3n) is 4.96. The lowest BCUT2D eigenvalue weighted by atomic mass is 9.89. The number of fused-ring (bicyclic) bond motifs is 2. The van der Waals surface area contributed by atoms with Crippen LogP contribution >= 0.6 is 31.9 Å². The van der Waals surface area contributed by atoms with Crippen molar-refractivity contribution in [3.63, 3.8) is 0 Å². The third kappa shape index (κ3) is 3.36. The smallest absolute Gasteiger partial charge is 0.166 e. The van der Waals surface area contributed by atoms with Crippen molar-refractivity contribution in [1.82, 2.24) is 0 Å². The van der Waals surface area contributed by atoms with Crippen molar-refractivity contribution in [3.05, 3.63) is 75.2 Å². The monoisotopic (exact) mass is 496 g/mol. The molecule has 0 atom stereocenters. The topological polar surface area (TPSA) is 37.3 Å². The van der Waals surface area contributed by atoms with Crippen molar-refractivity contribution in [2.45, 2.75) is 19.8 Å². The summed E-state index contributed by atoms with van der Waals surface area (Å²) in [6, 6.07) is 19.9. The average Bonchev–Trinajstić information content (AvgIpc) is 2.67. The van der Waals surface area contributed by atoms with Gasteiger partial charge in [-0.15, -0.1) is 0 Å². The van der Waals surface area contributed by atoms with Crippen LogP contribution in [-0.2, 0) is 0 Å². The summed E-state index contributed by atoms with van der Waals surface area (Å²) >= 11 is 7.04. The first-order chi connectivity index (χ1) is 13.5. The van der Waals surface area contributed by atoms with Crippen LogP contribution in [0.25, 0.3) is 32.7 Å². The molecule has 0 aromatic heterocycles. The Morgan fingerprint density at radius 1 is 0.893 bits per heavy atom. The normalized spacial score (nSPS) is 11.2. The van der Waals surface area contributed by atoms with E-state index in [9.17, 15) is 9.90 Å². The predicted molar refractivity (Wildman–Crippen MR) is 123 cm³/mol. The van der Waals surface area contributed by atoms with E-state index in [1.807, 2.05) is 55.5 Å². The molecule has 0 aliphatic carbocycles. The van der Waals surface area contributed by atoms with Crippen LogP contribution in [0.2, 0.25) is 0 Å². The van der Waals surface area contributed by atoms with Gasteiger partial charge in [-0.05, 0) is 63.9 Å². The Kier molecular flexibility index (Phi) is 5.26. The summed E-state index contributed by atoms with van der Waals surface area (Å²) in [5, 5.41) is 15.1. The highest BCUT2D eigenvalue weighted by Crippen LogP contribution is 2.43. The second-order valence-corrected chi connectivity index (χ2v) is 8.69. The van der Waals surface area contributed by atoms with E-state index >= 15 is 0 Å². The molecular weight excluding hydrogens is 480 g/mol. The Labute approximate surface area is 180 Å². The van der Waals surface area contributed by atoms with Crippen LogP contribution in [0.15, 0.2) is 69.6 Å². The lowest BCUT2D eigenvalue weighted by Gasteiger charge is -2.16. The van der Waals surface area contributed by atoms with Gasteiger partial charge < -0.3 is 5.11 Å². The maximum atomic E-state index is 12.7. The van der Waals surface area contributed by atoms with Gasteiger partial charge in [-0.3, -0.25) is 4.79 Å². The highest BCUT2D eigenvalue weighted by Gasteiger charge is 2.20. The first kappa shape index (κ1) is 19.2. The fourth-order valence-corrected chi connectivity index (χ4v) is 4.44. The fourth-order valence-electron chi connectivity index (χ4n) is 3.69. The SMILES string of the molecule is CCCC(=O)c1cc2cc(Br)ccc2c(-c2cccc3cc(Br)ccc23)c1O. The zero-order valence-corrected chi connectivity index (χ0v) is 18.5. The lowest BCUT2D eigenvalue weighted by Crippen LogP contribution is -2.00. The van der Waals surface area contributed by atoms with Gasteiger partial charge in [0, 0.05) is 20.9 Å². The van der Waals surface area contributed by atoms with E-state index in [1.165, 1.54) is 0 Å². The number of benzene rings is 4. The van der Waals surface area contributed by atoms with Gasteiger partial charge in [-0.2, -0.15) is 0 Å². The molecule has 0 unspecified atom stereocenters. The van der Waals surface area contributed by atoms with Crippen LogP contribution in [0.1, 0.15) is 30.1 Å². The van der Waals surface area contributed by atoms with Gasteiger partial charge in [-0.25, -0.2) is 0 Å². The maximum absolute atomic E-state index is 12.7. The minimum Gasteiger partial charge on any atom is -0.507 e. The first-order valence-electron chi connectivity index (χ1n) is 9.16. The molecule has 0 saturated heterocycles. The molecule has 0 fully saturated rings. The molecule has 0 amide bonds. The van der Waals surface area contributed by atoms with E-state index in [4.69, 9.17) is 0 Å². The van der Waals surface area contributed by atoms with Crippen molar-refractivity contribution in [2.75, 3.05) is 0 Å². The average molecular weight is 498 g/mol. The number of hydrogen-bond acceptors (Lipinski definition) is 2. The van der Waals surface area contributed by atoms with Crippen molar-refractivity contribution in [3.8, 4) is 16.9 Å². The van der Waals surface area contributed by atoms with E-state index in [1.54, 1.807) is 6.07 Å². The number of carbonyl (C=O) groups excluding carboxylic acids is 1. The molecule has 0 radical (unpaired) electrons. The number of Topliss-reactive ketones (excluding diaryl/α,β-unsaturated/α-hetero) is 1. The number of rotatable bonds is 4. The molecule has 1 N–H and O–H groups in total. The zero-order chi connectivity index (χ0) is 19.8. The van der Waals surface area contributed by atoms with Gasteiger partial charge in [0.15, 0.2) is 5.78 Å². The molecule has 4 rings (SSSR count). The summed E-state index contributed by atoms with van der Waals surface area (Å²) in [5.41, 5.74) is 2.01. The van der Waals surface area contributed by atoms with Gasteiger partial charge in [0.25, 0.3) is 0 Å². The van der Waals surface area contributed by atoms with Crippen molar-refractivity contribution >= 4 is 59.2 Å². The Morgan fingerprint density at radius 3 is 2.29 bits per heavy atom. The molecule has 0 aliphatic rings. The van der Waals surface area contributed by atoms with Crippen LogP contribution in [-0.4, -0.2) is 10.9 Å². The molecular formula is C24H18Br2O2. The Bertz CT molecular complexity index is 1230. The number of phenolic OH excluding ortho intramolecular Hbond substituents is 1. The van der Waals surface area contributed by atoms with Gasteiger partial charge in [0.1, 0.15) is 5.75 Å². The van der Waals surface area contributed by atoms with E-state index in [2.05, 4.69) is 37.9 Å². The summed E-state index contributed by atoms with van der Waals surface area (Å²) in [5.74, 6) is 0.0230. The standard InChI is InChI=1S/C24H18Br2O2/c1-2-4-22(27)21-13-15-12-17(26)8-10-19(15)23(24(21)28)20-6-3-5-14-11-16(25)7-9-18(14)20/h3,5-13,28H,2,4H2,1H3. The third-order valence-corrected chi connectivity index (χ3v) is 5.95. The number of halogens is 2. The predicted octanol–water partition coefficient (Wildman–Crippen LogP) is 7.87. The number of aromatic hydroxyl groups is 1. The summed E-state index contributed by atoms with van der Waals surface area (Å²) in [6.07, 6.45) is 1.15. The van der Waals surface area contributed by atoms with Crippen LogP contribution < -0.4 is 0 Å². The molecule has 4 aromatic rings. The number of carbonyl (C=O) groups is 1. The minimum absolute atomic E-state index is 0.0360. The summed E-state index contributed by atoms with van der Waals surface area (Å²) < 4.78 is 1.94. The molecule has 0 aliphatic heterocycles. The molecule has 2 nitrogen and oxygen atoms in total. The largest absolute Gasteiger partial charge is 0.507 e. The summed E-state index contributed by atoms with van der Waals surface area (Å²) in [4.78, 5) is 12.7. The molecule has 0 saturated carbocycles. The molecule has 4 aromatic carbocycles. The van der Waals surface area contributed by atoms with Crippen LogP contribution in [0.3, 0.4) is 0 Å². The Morgan fingerprint density at radius 2 is 1.57 bits per heavy atom. The van der Waals surface area contributed by atoms with Gasteiger partial charge in [0.05, 0.1) is 5.56 Å². The molecule has 0 spiro atoms. The van der Waals surface area contributed by atoms with E-state index in [-0.39, 0.29) is 11.5 Å². The minimum atomic E-state index is -0.0360. The highest BCUT2D eigenvalue weighted by molar-refractivity contribution is 9.10. The molecule has 0 bridgehead atoms. The van der Waals surface area contributed by atoms with Crippen molar-refractivity contribution < 1.29 is 9.90 Å². The second-order valence-electron chi connectivity index (χ2n) is 6.86. The van der Waals surface area contributed by atoms with Crippen LogP contribution in [0, 0.1) is 0 Å². The maximum Gasteiger partial charge on any atom is 0.166 e. The highest BCUT2D eigenvalue weighted by atomic mass is 79.9. The number of ketones is 1. The quantitative estimate of drug-likeness (QED) is 0.291. The van der Waals surface area contributed by atoms with Crippen molar-refractivity contribution in [2.24, 2.45) is 0 Å². The lowest BCUT2D eigenvalue weighted by molar-refractivity contribution is 0.0979. The van der Waals surface area contributed by atoms with Gasteiger partial charge in [0.2, 0.25) is 0 Å². The Balaban J connectivity index is 2.11. The Hall–Kier alpha value is -2.17. The van der Waals surface area contributed by atoms with Gasteiger partial charge in [-0.1, -0.05) is 69.1 Å². The van der Waals surface area contributed by atoms with Gasteiger partial charge >= 0.3 is 0 Å². The van der Waals surface area contributed by atoms with E-state index in [0.29, 0.717) is 17.5 Å². The van der Waals surface area contributed by atoms with Crippen LogP contribution in [0.5, 0.6) is 5.75 Å². The second kappa shape index (κ2) is 7.69. The zero-order valence-electron chi connectivity index (χ0n) is 15.3. The van der Waals surface area contributed by atoms with E-state index < -0.39 is 0 Å². The molecule has 140 valence electrons. The summed E-state index contributed by atoms with van der Waals surface area (Å²) in [6.45, 7) is 1.97. The molecule has 0 heterocycles. The fraction of sp³-hybridized carbons (Fsp3) is 0.125. The number of hydrogen-bond donors (Lipinski definition) is 1. The molecule has 4 heteroatoms. The van der Waals surface area contributed by atoms with Crippen molar-refractivity contribution in [1.29, 1.82) is 0 Å². The summed E-state index contributed by atoms with van der Waals surface area (Å²) in [7, 11) is 0. The van der Waals surface area contributed by atoms with E-state index in [0.717, 1.165) is 42.5 Å².